The second-order valence-corrected chi connectivity index (χ2v) is 6.74. The highest BCUT2D eigenvalue weighted by Crippen LogP contribution is 2.26. The van der Waals surface area contributed by atoms with E-state index < -0.39 is 0 Å². The highest BCUT2D eigenvalue weighted by Gasteiger charge is 2.21. The van der Waals surface area contributed by atoms with E-state index in [1.807, 2.05) is 6.92 Å². The summed E-state index contributed by atoms with van der Waals surface area (Å²) in [6.45, 7) is 2.88. The summed E-state index contributed by atoms with van der Waals surface area (Å²) in [6.07, 6.45) is 3.05. The molecule has 0 unspecified atom stereocenters. The Kier molecular flexibility index (Phi) is 4.06. The lowest BCUT2D eigenvalue weighted by Crippen LogP contribution is -2.14. The predicted octanol–water partition coefficient (Wildman–Crippen LogP) is 4.09. The Morgan fingerprint density at radius 1 is 1.45 bits per heavy atom. The lowest BCUT2D eigenvalue weighted by Gasteiger charge is -2.01. The summed E-state index contributed by atoms with van der Waals surface area (Å²) in [5.74, 6) is -0.334. The van der Waals surface area contributed by atoms with E-state index in [4.69, 9.17) is 11.6 Å². The molecule has 0 spiro atoms. The fraction of sp³-hybridized carbons (Fsp3) is 0.400. The number of hydrogen-bond donors (Lipinski definition) is 1. The minimum Gasteiger partial charge on any atom is -0.309 e. The summed E-state index contributed by atoms with van der Waals surface area (Å²) in [4.78, 5) is 5.79. The second-order valence-electron chi connectivity index (χ2n) is 5.16. The minimum atomic E-state index is -0.334. The Bertz CT molecular complexity index is 622. The van der Waals surface area contributed by atoms with E-state index in [1.165, 1.54) is 17.7 Å². The van der Waals surface area contributed by atoms with Gasteiger partial charge in [0.2, 0.25) is 0 Å². The summed E-state index contributed by atoms with van der Waals surface area (Å²) < 4.78 is 13.9. The number of benzene rings is 1. The first-order chi connectivity index (χ1) is 9.63. The summed E-state index contributed by atoms with van der Waals surface area (Å²) in [5, 5.41) is 4.60. The molecule has 1 saturated carbocycles. The Balaban J connectivity index is 1.73. The van der Waals surface area contributed by atoms with Gasteiger partial charge in [0.15, 0.2) is 0 Å². The summed E-state index contributed by atoms with van der Waals surface area (Å²) in [6, 6.07) is 5.79. The van der Waals surface area contributed by atoms with Gasteiger partial charge in [0.05, 0.1) is 15.7 Å². The molecule has 1 aliphatic rings. The van der Waals surface area contributed by atoms with Gasteiger partial charge in [0, 0.05) is 23.9 Å². The Morgan fingerprint density at radius 3 is 3.00 bits per heavy atom. The molecule has 1 heterocycles. The second kappa shape index (κ2) is 5.80. The molecule has 1 fully saturated rings. The summed E-state index contributed by atoms with van der Waals surface area (Å²) in [5.41, 5.74) is 1.65. The molecular formula is C15H16ClFN2S. The SMILES string of the molecule is Cc1nc(Cc2cccc(Cl)c2F)sc1CNC1CC1. The zero-order valence-corrected chi connectivity index (χ0v) is 12.8. The van der Waals surface area contributed by atoms with Gasteiger partial charge < -0.3 is 5.32 Å². The van der Waals surface area contributed by atoms with Crippen LogP contribution in [0.15, 0.2) is 18.2 Å². The van der Waals surface area contributed by atoms with Gasteiger partial charge in [-0.25, -0.2) is 9.37 Å². The van der Waals surface area contributed by atoms with Crippen molar-refractivity contribution in [2.75, 3.05) is 0 Å². The number of rotatable bonds is 5. The fourth-order valence-corrected chi connectivity index (χ4v) is 3.34. The van der Waals surface area contributed by atoms with Crippen LogP contribution in [-0.4, -0.2) is 11.0 Å². The zero-order valence-electron chi connectivity index (χ0n) is 11.2. The largest absolute Gasteiger partial charge is 0.309 e. The van der Waals surface area contributed by atoms with Crippen LogP contribution in [0.1, 0.15) is 34.0 Å². The number of nitrogens with one attached hydrogen (secondary N) is 1. The van der Waals surface area contributed by atoms with Crippen LogP contribution in [0.3, 0.4) is 0 Å². The molecule has 1 aromatic carbocycles. The molecule has 0 radical (unpaired) electrons. The van der Waals surface area contributed by atoms with Crippen molar-refractivity contribution in [2.24, 2.45) is 0 Å². The number of aryl methyl sites for hydroxylation is 1. The van der Waals surface area contributed by atoms with E-state index in [9.17, 15) is 4.39 Å². The van der Waals surface area contributed by atoms with Crippen molar-refractivity contribution >= 4 is 22.9 Å². The van der Waals surface area contributed by atoms with Gasteiger partial charge >= 0.3 is 0 Å². The number of aromatic nitrogens is 1. The standard InChI is InChI=1S/C15H16ClFN2S/c1-9-13(8-18-11-5-6-11)20-14(19-9)7-10-3-2-4-12(16)15(10)17/h2-4,11,18H,5-8H2,1H3. The quantitative estimate of drug-likeness (QED) is 0.900. The molecule has 0 saturated heterocycles. The highest BCUT2D eigenvalue weighted by molar-refractivity contribution is 7.11. The molecule has 2 aromatic rings. The van der Waals surface area contributed by atoms with Crippen LogP contribution in [0, 0.1) is 12.7 Å². The van der Waals surface area contributed by atoms with Gasteiger partial charge in [-0.2, -0.15) is 0 Å². The Labute approximate surface area is 127 Å². The van der Waals surface area contributed by atoms with Gasteiger partial charge in [-0.1, -0.05) is 23.7 Å². The average molecular weight is 311 g/mol. The molecule has 106 valence electrons. The van der Waals surface area contributed by atoms with Crippen LogP contribution in [0.2, 0.25) is 5.02 Å². The first-order valence-corrected chi connectivity index (χ1v) is 7.94. The van der Waals surface area contributed by atoms with Crippen molar-refractivity contribution in [3.8, 4) is 0 Å². The normalized spacial score (nSPS) is 14.8. The monoisotopic (exact) mass is 310 g/mol. The van der Waals surface area contributed by atoms with Crippen LogP contribution < -0.4 is 5.32 Å². The van der Waals surface area contributed by atoms with Crippen molar-refractivity contribution < 1.29 is 4.39 Å². The van der Waals surface area contributed by atoms with E-state index in [0.717, 1.165) is 17.2 Å². The number of halogens is 2. The molecule has 20 heavy (non-hydrogen) atoms. The third-order valence-corrected chi connectivity index (χ3v) is 4.89. The molecule has 1 aromatic heterocycles. The van der Waals surface area contributed by atoms with Crippen LogP contribution in [-0.2, 0) is 13.0 Å². The van der Waals surface area contributed by atoms with Gasteiger partial charge in [0.1, 0.15) is 5.82 Å². The van der Waals surface area contributed by atoms with Crippen LogP contribution in [0.4, 0.5) is 4.39 Å². The van der Waals surface area contributed by atoms with E-state index >= 15 is 0 Å². The third-order valence-electron chi connectivity index (χ3n) is 3.44. The zero-order chi connectivity index (χ0) is 14.1. The maximum atomic E-state index is 13.9. The van der Waals surface area contributed by atoms with Crippen molar-refractivity contribution in [1.29, 1.82) is 0 Å². The molecule has 1 N–H and O–H groups in total. The van der Waals surface area contributed by atoms with E-state index in [2.05, 4.69) is 10.3 Å². The van der Waals surface area contributed by atoms with Crippen molar-refractivity contribution in [2.45, 2.75) is 38.8 Å². The van der Waals surface area contributed by atoms with Gasteiger partial charge in [-0.15, -0.1) is 11.3 Å². The van der Waals surface area contributed by atoms with Gasteiger partial charge in [0.25, 0.3) is 0 Å². The molecule has 0 atom stereocenters. The van der Waals surface area contributed by atoms with Crippen molar-refractivity contribution in [3.63, 3.8) is 0 Å². The molecule has 2 nitrogen and oxygen atoms in total. The number of hydrogen-bond acceptors (Lipinski definition) is 3. The smallest absolute Gasteiger partial charge is 0.145 e. The van der Waals surface area contributed by atoms with Gasteiger partial charge in [-0.3, -0.25) is 0 Å². The fourth-order valence-electron chi connectivity index (χ4n) is 2.10. The number of thiazole rings is 1. The molecular weight excluding hydrogens is 295 g/mol. The van der Waals surface area contributed by atoms with Crippen molar-refractivity contribution in [1.82, 2.24) is 10.3 Å². The summed E-state index contributed by atoms with van der Waals surface area (Å²) >= 11 is 7.46. The lowest BCUT2D eigenvalue weighted by atomic mass is 10.1. The molecule has 0 amide bonds. The Morgan fingerprint density at radius 2 is 2.25 bits per heavy atom. The van der Waals surface area contributed by atoms with E-state index in [1.54, 1.807) is 29.5 Å². The third kappa shape index (κ3) is 3.19. The van der Waals surface area contributed by atoms with Crippen LogP contribution in [0.5, 0.6) is 0 Å². The van der Waals surface area contributed by atoms with Gasteiger partial charge in [-0.05, 0) is 31.4 Å². The van der Waals surface area contributed by atoms with E-state index in [-0.39, 0.29) is 10.8 Å². The predicted molar refractivity (Wildman–Crippen MR) is 80.9 cm³/mol. The molecule has 0 aliphatic heterocycles. The van der Waals surface area contributed by atoms with Crippen molar-refractivity contribution in [3.05, 3.63) is 50.2 Å². The highest BCUT2D eigenvalue weighted by atomic mass is 35.5. The first-order valence-electron chi connectivity index (χ1n) is 6.75. The number of nitrogens with zero attached hydrogens (tertiary/aromatic N) is 1. The van der Waals surface area contributed by atoms with Crippen LogP contribution in [0.25, 0.3) is 0 Å². The van der Waals surface area contributed by atoms with Crippen LogP contribution >= 0.6 is 22.9 Å². The topological polar surface area (TPSA) is 24.9 Å². The maximum absolute atomic E-state index is 13.9. The van der Waals surface area contributed by atoms with E-state index in [0.29, 0.717) is 18.0 Å². The maximum Gasteiger partial charge on any atom is 0.145 e. The molecule has 5 heteroatoms. The Hall–Kier alpha value is -0.970. The minimum absolute atomic E-state index is 0.173. The molecule has 0 bridgehead atoms. The lowest BCUT2D eigenvalue weighted by molar-refractivity contribution is 0.614. The average Bonchev–Trinajstić information content (AvgIpc) is 3.18. The molecule has 1 aliphatic carbocycles. The molecule has 3 rings (SSSR count). The summed E-state index contributed by atoms with van der Waals surface area (Å²) in [7, 11) is 0. The first kappa shape index (κ1) is 14.0.